The van der Waals surface area contributed by atoms with Gasteiger partial charge in [-0.2, -0.15) is 0 Å². The maximum absolute atomic E-state index is 12.1. The van der Waals surface area contributed by atoms with Crippen molar-refractivity contribution in [2.24, 2.45) is 0 Å². The molecule has 0 saturated heterocycles. The lowest BCUT2D eigenvalue weighted by Gasteiger charge is -2.08. The molecule has 0 fully saturated rings. The Balaban J connectivity index is 1.76. The van der Waals surface area contributed by atoms with Crippen molar-refractivity contribution in [3.63, 3.8) is 0 Å². The fourth-order valence-electron chi connectivity index (χ4n) is 2.35. The smallest absolute Gasteiger partial charge is 0.228 e. The van der Waals surface area contributed by atoms with E-state index in [-0.39, 0.29) is 5.91 Å². The maximum atomic E-state index is 12.1. The highest BCUT2D eigenvalue weighted by Gasteiger charge is 2.04. The molecular formula is C20H24BrNO2. The van der Waals surface area contributed by atoms with Gasteiger partial charge in [0.2, 0.25) is 5.91 Å². The summed E-state index contributed by atoms with van der Waals surface area (Å²) in [6, 6.07) is 15.3. The van der Waals surface area contributed by atoms with E-state index >= 15 is 0 Å². The molecule has 2 aromatic carbocycles. The third-order valence-corrected chi connectivity index (χ3v) is 4.21. The number of halogens is 1. The van der Waals surface area contributed by atoms with Gasteiger partial charge in [-0.3, -0.25) is 4.79 Å². The number of unbranched alkanes of at least 4 members (excludes halogenated alkanes) is 3. The van der Waals surface area contributed by atoms with Gasteiger partial charge in [0.1, 0.15) is 5.75 Å². The molecule has 0 aliphatic heterocycles. The standard InChI is InChI=1S/C20H24BrNO2/c1-2-3-4-5-14-24-19-12-10-18(11-13-19)22-20(23)15-16-6-8-17(21)9-7-16/h6-13H,2-5,14-15H2,1H3,(H,22,23). The Labute approximate surface area is 152 Å². The van der Waals surface area contributed by atoms with Crippen LogP contribution in [0.25, 0.3) is 0 Å². The van der Waals surface area contributed by atoms with Crippen LogP contribution in [0.3, 0.4) is 0 Å². The molecule has 4 heteroatoms. The van der Waals surface area contributed by atoms with E-state index in [1.54, 1.807) is 0 Å². The van der Waals surface area contributed by atoms with Gasteiger partial charge in [0.25, 0.3) is 0 Å². The molecule has 0 aliphatic carbocycles. The number of carbonyl (C=O) groups is 1. The van der Waals surface area contributed by atoms with Gasteiger partial charge < -0.3 is 10.1 Å². The zero-order valence-corrected chi connectivity index (χ0v) is 15.6. The minimum Gasteiger partial charge on any atom is -0.494 e. The summed E-state index contributed by atoms with van der Waals surface area (Å²) in [5.41, 5.74) is 1.78. The fourth-order valence-corrected chi connectivity index (χ4v) is 2.61. The number of hydrogen-bond donors (Lipinski definition) is 1. The number of benzene rings is 2. The van der Waals surface area contributed by atoms with Crippen molar-refractivity contribution in [3.05, 3.63) is 58.6 Å². The van der Waals surface area contributed by atoms with Crippen molar-refractivity contribution < 1.29 is 9.53 Å². The van der Waals surface area contributed by atoms with Gasteiger partial charge in [0.05, 0.1) is 13.0 Å². The second-order valence-electron chi connectivity index (χ2n) is 5.78. The largest absolute Gasteiger partial charge is 0.494 e. The minimum absolute atomic E-state index is 0.0226. The highest BCUT2D eigenvalue weighted by molar-refractivity contribution is 9.10. The molecule has 0 saturated carbocycles. The lowest BCUT2D eigenvalue weighted by Crippen LogP contribution is -2.14. The van der Waals surface area contributed by atoms with Gasteiger partial charge in [-0.1, -0.05) is 54.2 Å². The molecule has 0 atom stereocenters. The van der Waals surface area contributed by atoms with E-state index in [1.807, 2.05) is 48.5 Å². The van der Waals surface area contributed by atoms with Crippen molar-refractivity contribution in [2.75, 3.05) is 11.9 Å². The van der Waals surface area contributed by atoms with Crippen LogP contribution in [-0.4, -0.2) is 12.5 Å². The van der Waals surface area contributed by atoms with Crippen LogP contribution in [0, 0.1) is 0 Å². The molecule has 24 heavy (non-hydrogen) atoms. The Hall–Kier alpha value is -1.81. The zero-order valence-electron chi connectivity index (χ0n) is 14.1. The number of carbonyl (C=O) groups excluding carboxylic acids is 1. The Morgan fingerprint density at radius 1 is 1.00 bits per heavy atom. The van der Waals surface area contributed by atoms with Crippen molar-refractivity contribution >= 4 is 27.5 Å². The first-order chi connectivity index (χ1) is 11.7. The fraction of sp³-hybridized carbons (Fsp3) is 0.350. The molecule has 0 aromatic heterocycles. The van der Waals surface area contributed by atoms with Gasteiger partial charge in [-0.25, -0.2) is 0 Å². The van der Waals surface area contributed by atoms with Gasteiger partial charge >= 0.3 is 0 Å². The predicted molar refractivity (Wildman–Crippen MR) is 103 cm³/mol. The van der Waals surface area contributed by atoms with E-state index in [9.17, 15) is 4.79 Å². The van der Waals surface area contributed by atoms with E-state index < -0.39 is 0 Å². The van der Waals surface area contributed by atoms with Gasteiger partial charge in [0, 0.05) is 10.2 Å². The summed E-state index contributed by atoms with van der Waals surface area (Å²) < 4.78 is 6.71. The summed E-state index contributed by atoms with van der Waals surface area (Å²) in [6.07, 6.45) is 5.14. The van der Waals surface area contributed by atoms with E-state index in [4.69, 9.17) is 4.74 Å². The summed E-state index contributed by atoms with van der Waals surface area (Å²) in [4.78, 5) is 12.1. The molecule has 3 nitrogen and oxygen atoms in total. The van der Waals surface area contributed by atoms with E-state index in [0.717, 1.165) is 34.5 Å². The summed E-state index contributed by atoms with van der Waals surface area (Å²) in [7, 11) is 0. The highest BCUT2D eigenvalue weighted by atomic mass is 79.9. The molecular weight excluding hydrogens is 366 g/mol. The first kappa shape index (κ1) is 18.5. The number of amides is 1. The SMILES string of the molecule is CCCCCCOc1ccc(NC(=O)Cc2ccc(Br)cc2)cc1. The third-order valence-electron chi connectivity index (χ3n) is 3.68. The second kappa shape index (κ2) is 10.1. The monoisotopic (exact) mass is 389 g/mol. The van der Waals surface area contributed by atoms with Crippen molar-refractivity contribution in [3.8, 4) is 5.75 Å². The highest BCUT2D eigenvalue weighted by Crippen LogP contribution is 2.17. The van der Waals surface area contributed by atoms with Crippen LogP contribution in [0.1, 0.15) is 38.2 Å². The van der Waals surface area contributed by atoms with Crippen LogP contribution in [0.15, 0.2) is 53.0 Å². The summed E-state index contributed by atoms with van der Waals surface area (Å²) >= 11 is 3.39. The lowest BCUT2D eigenvalue weighted by molar-refractivity contribution is -0.115. The van der Waals surface area contributed by atoms with Crippen LogP contribution in [0.5, 0.6) is 5.75 Å². The number of rotatable bonds is 9. The Morgan fingerprint density at radius 3 is 2.38 bits per heavy atom. The molecule has 0 heterocycles. The van der Waals surface area contributed by atoms with Crippen molar-refractivity contribution in [1.82, 2.24) is 0 Å². The third kappa shape index (κ3) is 6.75. The summed E-state index contributed by atoms with van der Waals surface area (Å²) in [6.45, 7) is 2.94. The average molecular weight is 390 g/mol. The first-order valence-corrected chi connectivity index (χ1v) is 9.24. The zero-order chi connectivity index (χ0) is 17.2. The van der Waals surface area contributed by atoms with E-state index in [2.05, 4.69) is 28.2 Å². The minimum atomic E-state index is -0.0226. The van der Waals surface area contributed by atoms with Crippen molar-refractivity contribution in [1.29, 1.82) is 0 Å². The number of nitrogens with one attached hydrogen (secondary N) is 1. The first-order valence-electron chi connectivity index (χ1n) is 8.44. The molecule has 128 valence electrons. The Bertz CT molecular complexity index is 623. The quantitative estimate of drug-likeness (QED) is 0.567. The van der Waals surface area contributed by atoms with Crippen LogP contribution in [0.4, 0.5) is 5.69 Å². The average Bonchev–Trinajstić information content (AvgIpc) is 2.58. The van der Waals surface area contributed by atoms with Crippen LogP contribution >= 0.6 is 15.9 Å². The van der Waals surface area contributed by atoms with Crippen LogP contribution in [-0.2, 0) is 11.2 Å². The molecule has 0 aliphatic rings. The van der Waals surface area contributed by atoms with Crippen molar-refractivity contribution in [2.45, 2.75) is 39.0 Å². The predicted octanol–water partition coefficient (Wildman–Crippen LogP) is 5.59. The maximum Gasteiger partial charge on any atom is 0.228 e. The van der Waals surface area contributed by atoms with Crippen LogP contribution in [0.2, 0.25) is 0 Å². The molecule has 2 rings (SSSR count). The normalized spacial score (nSPS) is 10.4. The number of hydrogen-bond acceptors (Lipinski definition) is 2. The van der Waals surface area contributed by atoms with E-state index in [0.29, 0.717) is 6.42 Å². The summed E-state index contributed by atoms with van der Waals surface area (Å²) in [5.74, 6) is 0.822. The van der Waals surface area contributed by atoms with Gasteiger partial charge in [-0.15, -0.1) is 0 Å². The molecule has 1 amide bonds. The number of ether oxygens (including phenoxy) is 1. The molecule has 0 unspecified atom stereocenters. The van der Waals surface area contributed by atoms with E-state index in [1.165, 1.54) is 19.3 Å². The summed E-state index contributed by atoms with van der Waals surface area (Å²) in [5, 5.41) is 2.91. The lowest BCUT2D eigenvalue weighted by atomic mass is 10.1. The van der Waals surface area contributed by atoms with Gasteiger partial charge in [-0.05, 0) is 48.4 Å². The number of anilines is 1. The molecule has 2 aromatic rings. The second-order valence-corrected chi connectivity index (χ2v) is 6.70. The molecule has 0 spiro atoms. The molecule has 0 radical (unpaired) electrons. The van der Waals surface area contributed by atoms with Gasteiger partial charge in [0.15, 0.2) is 0 Å². The van der Waals surface area contributed by atoms with Crippen LogP contribution < -0.4 is 10.1 Å². The molecule has 1 N–H and O–H groups in total. The molecule has 0 bridgehead atoms. The topological polar surface area (TPSA) is 38.3 Å². The Morgan fingerprint density at radius 2 is 1.71 bits per heavy atom. The Kier molecular flexibility index (Phi) is 7.83.